The highest BCUT2D eigenvalue weighted by atomic mass is 79.9. The second-order valence-electron chi connectivity index (χ2n) is 3.76. The summed E-state index contributed by atoms with van der Waals surface area (Å²) in [5.41, 5.74) is 0.600. The number of rotatable bonds is 2. The van der Waals surface area contributed by atoms with Gasteiger partial charge in [0.25, 0.3) is 11.6 Å². The van der Waals surface area contributed by atoms with E-state index < -0.39 is 4.92 Å². The van der Waals surface area contributed by atoms with Crippen molar-refractivity contribution in [1.29, 1.82) is 0 Å². The Hall–Kier alpha value is -2.35. The van der Waals surface area contributed by atoms with Gasteiger partial charge in [0.15, 0.2) is 0 Å². The monoisotopic (exact) mass is 319 g/mol. The van der Waals surface area contributed by atoms with Crippen molar-refractivity contribution in [1.82, 2.24) is 19.7 Å². The fourth-order valence-corrected chi connectivity index (χ4v) is 1.90. The smallest absolute Gasteiger partial charge is 0.258 e. The quantitative estimate of drug-likeness (QED) is 0.535. The van der Waals surface area contributed by atoms with Gasteiger partial charge in [-0.15, -0.1) is 0 Å². The van der Waals surface area contributed by atoms with Crippen molar-refractivity contribution >= 4 is 32.5 Å². The van der Waals surface area contributed by atoms with Crippen LogP contribution in [0.4, 0.5) is 5.69 Å². The van der Waals surface area contributed by atoms with Gasteiger partial charge in [0.2, 0.25) is 0 Å². The maximum atomic E-state index is 10.8. The normalized spacial score (nSPS) is 10.8. The first kappa shape index (κ1) is 11.7. The standard InChI is InChI=1S/C11H6BrN5O2/c12-8-5-13-11(14-6-8)16-10-3-9(17(18)19)2-1-7(10)4-15-16/h1-6H. The molecule has 3 rings (SSSR count). The van der Waals surface area contributed by atoms with E-state index in [2.05, 4.69) is 31.0 Å². The Bertz CT molecular complexity index is 768. The molecule has 0 saturated carbocycles. The fraction of sp³-hybridized carbons (Fsp3) is 0. The molecular weight excluding hydrogens is 314 g/mol. The number of halogens is 1. The zero-order chi connectivity index (χ0) is 13.4. The highest BCUT2D eigenvalue weighted by molar-refractivity contribution is 9.10. The van der Waals surface area contributed by atoms with E-state index >= 15 is 0 Å². The third-order valence-corrected chi connectivity index (χ3v) is 2.97. The molecule has 1 aromatic carbocycles. The van der Waals surface area contributed by atoms with Gasteiger partial charge in [-0.2, -0.15) is 9.78 Å². The molecule has 0 saturated heterocycles. The van der Waals surface area contributed by atoms with Crippen LogP contribution in [0.15, 0.2) is 41.3 Å². The summed E-state index contributed by atoms with van der Waals surface area (Å²) < 4.78 is 2.22. The Morgan fingerprint density at radius 1 is 1.21 bits per heavy atom. The van der Waals surface area contributed by atoms with Crippen LogP contribution in [-0.2, 0) is 0 Å². The van der Waals surface area contributed by atoms with Crippen LogP contribution >= 0.6 is 15.9 Å². The molecule has 2 heterocycles. The number of benzene rings is 1. The van der Waals surface area contributed by atoms with E-state index in [1.165, 1.54) is 16.8 Å². The maximum Gasteiger partial charge on any atom is 0.271 e. The number of hydrogen-bond donors (Lipinski definition) is 0. The maximum absolute atomic E-state index is 10.8. The van der Waals surface area contributed by atoms with Crippen molar-refractivity contribution in [2.75, 3.05) is 0 Å². The number of fused-ring (bicyclic) bond motifs is 1. The first-order valence-corrected chi connectivity index (χ1v) is 6.04. The second-order valence-corrected chi connectivity index (χ2v) is 4.67. The van der Waals surface area contributed by atoms with Gasteiger partial charge in [0.05, 0.1) is 21.1 Å². The zero-order valence-electron chi connectivity index (χ0n) is 9.39. The third kappa shape index (κ3) is 2.06. The molecule has 0 bridgehead atoms. The molecule has 0 aliphatic heterocycles. The van der Waals surface area contributed by atoms with E-state index in [1.54, 1.807) is 24.7 Å². The molecule has 0 amide bonds. The molecule has 0 aliphatic carbocycles. The lowest BCUT2D eigenvalue weighted by molar-refractivity contribution is -0.384. The van der Waals surface area contributed by atoms with E-state index in [4.69, 9.17) is 0 Å². The topological polar surface area (TPSA) is 86.7 Å². The van der Waals surface area contributed by atoms with E-state index in [0.29, 0.717) is 11.5 Å². The van der Waals surface area contributed by atoms with Crippen molar-refractivity contribution in [2.45, 2.75) is 0 Å². The van der Waals surface area contributed by atoms with Crippen LogP contribution in [0.1, 0.15) is 0 Å². The Balaban J connectivity index is 2.21. The molecule has 2 aromatic heterocycles. The number of non-ortho nitro benzene ring substituents is 1. The summed E-state index contributed by atoms with van der Waals surface area (Å²) in [6.07, 6.45) is 4.80. The largest absolute Gasteiger partial charge is 0.271 e. The Morgan fingerprint density at radius 2 is 1.95 bits per heavy atom. The van der Waals surface area contributed by atoms with Crippen LogP contribution in [0.5, 0.6) is 0 Å². The molecule has 3 aromatic rings. The fourth-order valence-electron chi connectivity index (χ4n) is 1.69. The van der Waals surface area contributed by atoms with Gasteiger partial charge in [0.1, 0.15) is 0 Å². The number of nitro groups is 1. The van der Waals surface area contributed by atoms with Gasteiger partial charge in [-0.1, -0.05) is 0 Å². The number of aromatic nitrogens is 4. The van der Waals surface area contributed by atoms with Crippen LogP contribution in [0.25, 0.3) is 16.9 Å². The van der Waals surface area contributed by atoms with Crippen molar-refractivity contribution in [3.05, 3.63) is 51.4 Å². The van der Waals surface area contributed by atoms with Crippen molar-refractivity contribution < 1.29 is 4.92 Å². The molecule has 7 nitrogen and oxygen atoms in total. The van der Waals surface area contributed by atoms with Crippen LogP contribution in [0, 0.1) is 10.1 Å². The summed E-state index contributed by atoms with van der Waals surface area (Å²) >= 11 is 3.25. The number of nitrogens with zero attached hydrogens (tertiary/aromatic N) is 5. The molecule has 0 radical (unpaired) electrons. The first-order chi connectivity index (χ1) is 9.15. The molecule has 19 heavy (non-hydrogen) atoms. The van der Waals surface area contributed by atoms with Gasteiger partial charge < -0.3 is 0 Å². The summed E-state index contributed by atoms with van der Waals surface area (Å²) in [7, 11) is 0. The zero-order valence-corrected chi connectivity index (χ0v) is 11.0. The van der Waals surface area contributed by atoms with Crippen LogP contribution in [-0.4, -0.2) is 24.7 Å². The number of hydrogen-bond acceptors (Lipinski definition) is 5. The predicted molar refractivity (Wildman–Crippen MR) is 71.0 cm³/mol. The summed E-state index contributed by atoms with van der Waals surface area (Å²) in [5, 5.41) is 15.7. The Kier molecular flexibility index (Phi) is 2.71. The molecule has 8 heteroatoms. The molecule has 0 atom stereocenters. The minimum absolute atomic E-state index is 0.00589. The molecule has 0 N–H and O–H groups in total. The third-order valence-electron chi connectivity index (χ3n) is 2.56. The van der Waals surface area contributed by atoms with E-state index in [1.807, 2.05) is 0 Å². The molecule has 0 spiro atoms. The highest BCUT2D eigenvalue weighted by Gasteiger charge is 2.12. The molecule has 0 unspecified atom stereocenters. The van der Waals surface area contributed by atoms with Crippen molar-refractivity contribution in [3.8, 4) is 5.95 Å². The Labute approximate surface area is 115 Å². The van der Waals surface area contributed by atoms with E-state index in [-0.39, 0.29) is 5.69 Å². The van der Waals surface area contributed by atoms with Gasteiger partial charge >= 0.3 is 0 Å². The summed E-state index contributed by atoms with van der Waals surface area (Å²) in [5.74, 6) is 0.360. The number of nitro benzene ring substituents is 1. The Morgan fingerprint density at radius 3 is 2.63 bits per heavy atom. The lowest BCUT2D eigenvalue weighted by atomic mass is 10.2. The van der Waals surface area contributed by atoms with Crippen molar-refractivity contribution in [3.63, 3.8) is 0 Å². The summed E-state index contributed by atoms with van der Waals surface area (Å²) in [6.45, 7) is 0. The summed E-state index contributed by atoms with van der Waals surface area (Å²) in [4.78, 5) is 18.6. The van der Waals surface area contributed by atoms with Gasteiger partial charge in [-0.3, -0.25) is 10.1 Å². The molecule has 0 fully saturated rings. The predicted octanol–water partition coefficient (Wildman–Crippen LogP) is 2.49. The van der Waals surface area contributed by atoms with E-state index in [0.717, 1.165) is 9.86 Å². The van der Waals surface area contributed by atoms with Gasteiger partial charge in [0, 0.05) is 29.9 Å². The average molecular weight is 320 g/mol. The van der Waals surface area contributed by atoms with Crippen molar-refractivity contribution in [2.24, 2.45) is 0 Å². The minimum atomic E-state index is -0.445. The minimum Gasteiger partial charge on any atom is -0.258 e. The lowest BCUT2D eigenvalue weighted by Gasteiger charge is -2.01. The molecule has 94 valence electrons. The molecular formula is C11H6BrN5O2. The first-order valence-electron chi connectivity index (χ1n) is 5.25. The van der Waals surface area contributed by atoms with Gasteiger partial charge in [-0.25, -0.2) is 9.97 Å². The van der Waals surface area contributed by atoms with Crippen LogP contribution in [0.3, 0.4) is 0 Å². The van der Waals surface area contributed by atoms with E-state index in [9.17, 15) is 10.1 Å². The van der Waals surface area contributed by atoms with Gasteiger partial charge in [-0.05, 0) is 22.0 Å². The lowest BCUT2D eigenvalue weighted by Crippen LogP contribution is -2.02. The second kappa shape index (κ2) is 4.39. The SMILES string of the molecule is O=[N+]([O-])c1ccc2cnn(-c3ncc(Br)cn3)c2c1. The summed E-state index contributed by atoms with van der Waals surface area (Å²) in [6, 6.07) is 4.54. The highest BCUT2D eigenvalue weighted by Crippen LogP contribution is 2.22. The molecule has 0 aliphatic rings. The average Bonchev–Trinajstić information content (AvgIpc) is 2.82. The van der Waals surface area contributed by atoms with Crippen LogP contribution in [0.2, 0.25) is 0 Å². The van der Waals surface area contributed by atoms with Crippen LogP contribution < -0.4 is 0 Å².